The van der Waals surface area contributed by atoms with Crippen LogP contribution in [0.3, 0.4) is 0 Å². The van der Waals surface area contributed by atoms with E-state index in [9.17, 15) is 9.59 Å². The number of rotatable bonds is 8. The van der Waals surface area contributed by atoms with Gasteiger partial charge in [0.1, 0.15) is 0 Å². The molecule has 7 nitrogen and oxygen atoms in total. The van der Waals surface area contributed by atoms with Gasteiger partial charge in [-0.15, -0.1) is 0 Å². The Morgan fingerprint density at radius 1 is 1.10 bits per heavy atom. The van der Waals surface area contributed by atoms with E-state index in [1.807, 2.05) is 6.07 Å². The Morgan fingerprint density at radius 3 is 2.50 bits per heavy atom. The lowest BCUT2D eigenvalue weighted by atomic mass is 10.1. The van der Waals surface area contributed by atoms with Gasteiger partial charge in [0.15, 0.2) is 11.5 Å². The summed E-state index contributed by atoms with van der Waals surface area (Å²) in [7, 11) is 4.64. The largest absolute Gasteiger partial charge is 0.493 e. The van der Waals surface area contributed by atoms with Gasteiger partial charge in [-0.25, -0.2) is 0 Å². The molecule has 1 aliphatic heterocycles. The predicted molar refractivity (Wildman–Crippen MR) is 116 cm³/mol. The number of halogens is 1. The second-order valence-electron chi connectivity index (χ2n) is 6.85. The summed E-state index contributed by atoms with van der Waals surface area (Å²) in [4.78, 5) is 26.3. The highest BCUT2D eigenvalue weighted by Crippen LogP contribution is 2.40. The minimum atomic E-state index is -0.196. The molecular formula is C22H25ClN2O5. The lowest BCUT2D eigenvalue weighted by molar-refractivity contribution is -0.117. The first-order valence-corrected chi connectivity index (χ1v) is 10.0. The molecule has 8 heteroatoms. The number of carbonyl (C=O) groups is 2. The van der Waals surface area contributed by atoms with Gasteiger partial charge in [0.25, 0.3) is 0 Å². The van der Waals surface area contributed by atoms with Crippen LogP contribution in [0.15, 0.2) is 30.3 Å². The molecule has 2 aromatic carbocycles. The fraction of sp³-hybridized carbons (Fsp3) is 0.364. The second-order valence-corrected chi connectivity index (χ2v) is 7.26. The molecule has 1 heterocycles. The molecule has 0 bridgehead atoms. The topological polar surface area (TPSA) is 77.1 Å². The fourth-order valence-corrected chi connectivity index (χ4v) is 3.68. The molecule has 1 aliphatic rings. The highest BCUT2D eigenvalue weighted by molar-refractivity contribution is 6.33. The van der Waals surface area contributed by atoms with Crippen molar-refractivity contribution in [3.8, 4) is 17.2 Å². The quantitative estimate of drug-likeness (QED) is 0.680. The zero-order valence-corrected chi connectivity index (χ0v) is 18.0. The molecular weight excluding hydrogens is 408 g/mol. The molecule has 0 aromatic heterocycles. The first-order chi connectivity index (χ1) is 14.5. The zero-order valence-electron chi connectivity index (χ0n) is 17.3. The van der Waals surface area contributed by atoms with Gasteiger partial charge in [0, 0.05) is 25.1 Å². The third kappa shape index (κ3) is 4.62. The molecule has 1 N–H and O–H groups in total. The molecule has 1 saturated heterocycles. The highest BCUT2D eigenvalue weighted by Gasteiger charge is 2.22. The van der Waals surface area contributed by atoms with Gasteiger partial charge in [-0.3, -0.25) is 9.59 Å². The van der Waals surface area contributed by atoms with Crippen molar-refractivity contribution in [2.45, 2.75) is 25.7 Å². The van der Waals surface area contributed by atoms with E-state index >= 15 is 0 Å². The first-order valence-electron chi connectivity index (χ1n) is 9.66. The van der Waals surface area contributed by atoms with Gasteiger partial charge >= 0.3 is 0 Å². The Morgan fingerprint density at radius 2 is 1.87 bits per heavy atom. The van der Waals surface area contributed by atoms with Gasteiger partial charge in [0.2, 0.25) is 17.6 Å². The Kier molecular flexibility index (Phi) is 7.05. The van der Waals surface area contributed by atoms with Crippen LogP contribution in [0.25, 0.3) is 0 Å². The molecule has 1 fully saturated rings. The minimum absolute atomic E-state index is 0.0788. The van der Waals surface area contributed by atoms with Crippen molar-refractivity contribution < 1.29 is 23.8 Å². The number of aryl methyl sites for hydroxylation is 1. The van der Waals surface area contributed by atoms with E-state index in [0.717, 1.165) is 17.7 Å². The maximum absolute atomic E-state index is 12.6. The average molecular weight is 433 g/mol. The standard InChI is InChI=1S/C22H25ClN2O5/c1-28-18-10-6-14(21(29-2)22(18)30-3)7-11-19(26)24-17-13-15(8-9-16(17)23)25-12-4-5-20(25)27/h6,8-10,13H,4-5,7,11-12H2,1-3H3,(H,24,26). The molecule has 0 unspecified atom stereocenters. The molecule has 0 saturated carbocycles. The van der Waals surface area contributed by atoms with Crippen LogP contribution in [0, 0.1) is 0 Å². The van der Waals surface area contributed by atoms with E-state index in [2.05, 4.69) is 5.32 Å². The fourth-order valence-electron chi connectivity index (χ4n) is 3.52. The third-order valence-electron chi connectivity index (χ3n) is 5.02. The van der Waals surface area contributed by atoms with Crippen molar-refractivity contribution in [1.82, 2.24) is 0 Å². The monoisotopic (exact) mass is 432 g/mol. The minimum Gasteiger partial charge on any atom is -0.493 e. The SMILES string of the molecule is COc1ccc(CCC(=O)Nc2cc(N3CCCC3=O)ccc2Cl)c(OC)c1OC. The summed E-state index contributed by atoms with van der Waals surface area (Å²) in [5, 5.41) is 3.26. The molecule has 160 valence electrons. The number of hydrogen-bond acceptors (Lipinski definition) is 5. The van der Waals surface area contributed by atoms with Crippen molar-refractivity contribution in [1.29, 1.82) is 0 Å². The van der Waals surface area contributed by atoms with Crippen LogP contribution in [-0.4, -0.2) is 39.7 Å². The summed E-state index contributed by atoms with van der Waals surface area (Å²) in [6, 6.07) is 8.84. The lowest BCUT2D eigenvalue weighted by Crippen LogP contribution is -2.23. The van der Waals surface area contributed by atoms with Crippen LogP contribution in [0.4, 0.5) is 11.4 Å². The highest BCUT2D eigenvalue weighted by atomic mass is 35.5. The molecule has 2 aromatic rings. The van der Waals surface area contributed by atoms with Crippen molar-refractivity contribution in [2.24, 2.45) is 0 Å². The smallest absolute Gasteiger partial charge is 0.227 e. The summed E-state index contributed by atoms with van der Waals surface area (Å²) < 4.78 is 16.1. The lowest BCUT2D eigenvalue weighted by Gasteiger charge is -2.18. The van der Waals surface area contributed by atoms with Crippen LogP contribution in [-0.2, 0) is 16.0 Å². The normalized spacial score (nSPS) is 13.3. The summed E-state index contributed by atoms with van der Waals surface area (Å²) >= 11 is 6.25. The number of nitrogens with one attached hydrogen (secondary N) is 1. The van der Waals surface area contributed by atoms with Crippen molar-refractivity contribution in [2.75, 3.05) is 38.1 Å². The van der Waals surface area contributed by atoms with Crippen LogP contribution >= 0.6 is 11.6 Å². The maximum Gasteiger partial charge on any atom is 0.227 e. The van der Waals surface area contributed by atoms with Gasteiger partial charge in [0.05, 0.1) is 32.0 Å². The van der Waals surface area contributed by atoms with Crippen LogP contribution in [0.2, 0.25) is 5.02 Å². The van der Waals surface area contributed by atoms with Gasteiger partial charge in [-0.1, -0.05) is 17.7 Å². The number of anilines is 2. The number of carbonyl (C=O) groups excluding carboxylic acids is 2. The van der Waals surface area contributed by atoms with Crippen molar-refractivity contribution >= 4 is 34.8 Å². The molecule has 3 rings (SSSR count). The second kappa shape index (κ2) is 9.71. The van der Waals surface area contributed by atoms with E-state index in [1.165, 1.54) is 7.11 Å². The van der Waals surface area contributed by atoms with Crippen LogP contribution in [0.5, 0.6) is 17.2 Å². The van der Waals surface area contributed by atoms with Gasteiger partial charge in [-0.2, -0.15) is 0 Å². The number of hydrogen-bond donors (Lipinski definition) is 1. The van der Waals surface area contributed by atoms with Gasteiger partial charge < -0.3 is 24.4 Å². The number of amides is 2. The van der Waals surface area contributed by atoms with E-state index in [-0.39, 0.29) is 18.2 Å². The summed E-state index contributed by atoms with van der Waals surface area (Å²) in [6.45, 7) is 0.674. The summed E-state index contributed by atoms with van der Waals surface area (Å²) in [5.41, 5.74) is 2.05. The molecule has 2 amide bonds. The van der Waals surface area contributed by atoms with Crippen LogP contribution < -0.4 is 24.4 Å². The van der Waals surface area contributed by atoms with Crippen molar-refractivity contribution in [3.05, 3.63) is 40.9 Å². The molecule has 0 atom stereocenters. The Balaban J connectivity index is 1.70. The van der Waals surface area contributed by atoms with Crippen molar-refractivity contribution in [3.63, 3.8) is 0 Å². The third-order valence-corrected chi connectivity index (χ3v) is 5.35. The number of nitrogens with zero attached hydrogens (tertiary/aromatic N) is 1. The summed E-state index contributed by atoms with van der Waals surface area (Å²) in [6.07, 6.45) is 2.03. The molecule has 0 spiro atoms. The van der Waals surface area contributed by atoms with E-state index in [4.69, 9.17) is 25.8 Å². The number of methoxy groups -OCH3 is 3. The zero-order chi connectivity index (χ0) is 21.7. The Bertz CT molecular complexity index is 947. The molecule has 0 radical (unpaired) electrons. The van der Waals surface area contributed by atoms with Gasteiger partial charge in [-0.05, 0) is 42.7 Å². The Hall–Kier alpha value is -2.93. The molecule has 30 heavy (non-hydrogen) atoms. The summed E-state index contributed by atoms with van der Waals surface area (Å²) in [5.74, 6) is 1.47. The predicted octanol–water partition coefficient (Wildman–Crippen LogP) is 4.06. The molecule has 0 aliphatic carbocycles. The maximum atomic E-state index is 12.6. The number of benzene rings is 2. The Labute approximate surface area is 180 Å². The van der Waals surface area contributed by atoms with E-state index in [1.54, 1.807) is 43.4 Å². The van der Waals surface area contributed by atoms with E-state index in [0.29, 0.717) is 47.3 Å². The number of ether oxygens (including phenoxy) is 3. The van der Waals surface area contributed by atoms with E-state index < -0.39 is 0 Å². The first kappa shape index (κ1) is 21.8. The van der Waals surface area contributed by atoms with Crippen LogP contribution in [0.1, 0.15) is 24.8 Å². The average Bonchev–Trinajstić information content (AvgIpc) is 3.18.